The predicted octanol–water partition coefficient (Wildman–Crippen LogP) is 4.53. The number of hydrogen-bond acceptors (Lipinski definition) is 6. The Morgan fingerprint density at radius 3 is 2.71 bits per heavy atom. The van der Waals surface area contributed by atoms with Crippen LogP contribution in [0, 0.1) is 6.92 Å². The number of anilines is 2. The molecule has 0 radical (unpaired) electrons. The number of aryl methyl sites for hydroxylation is 1. The first-order valence-corrected chi connectivity index (χ1v) is 10.6. The molecule has 1 saturated carbocycles. The maximum Gasteiger partial charge on any atom is 0.154 e. The lowest BCUT2D eigenvalue weighted by atomic mass is 9.95. The molecule has 158 valence electrons. The van der Waals surface area contributed by atoms with Crippen LogP contribution >= 0.6 is 0 Å². The highest BCUT2D eigenvalue weighted by molar-refractivity contribution is 5.75. The van der Waals surface area contributed by atoms with Gasteiger partial charge < -0.3 is 15.2 Å². The summed E-state index contributed by atoms with van der Waals surface area (Å²) >= 11 is 0. The van der Waals surface area contributed by atoms with Crippen LogP contribution in [0.5, 0.6) is 5.75 Å². The summed E-state index contributed by atoms with van der Waals surface area (Å²) in [6, 6.07) is 13.9. The second-order valence-corrected chi connectivity index (χ2v) is 8.02. The minimum absolute atomic E-state index is 0.111. The van der Waals surface area contributed by atoms with Gasteiger partial charge in [0, 0.05) is 29.7 Å². The lowest BCUT2D eigenvalue weighted by Gasteiger charge is -2.27. The third-order valence-electron chi connectivity index (χ3n) is 5.64. The standard InChI is InChI=1S/C24H25N5O2/c1-16-12-21(22(15-26-16)31-20-7-5-19(30)6-8-20)17-9-11-29-18(13-17)14-24(28-29)27-23-4-2-3-10-25-23/h2-4,9-15,19-20,30H,5-8H2,1H3,(H,25,27,28). The zero-order valence-electron chi connectivity index (χ0n) is 17.4. The molecular formula is C24H25N5O2. The number of rotatable bonds is 5. The van der Waals surface area contributed by atoms with Crippen LogP contribution in [0.15, 0.2) is 61.1 Å². The van der Waals surface area contributed by atoms with Crippen LogP contribution in [-0.4, -0.2) is 36.9 Å². The Morgan fingerprint density at radius 1 is 1.03 bits per heavy atom. The predicted molar refractivity (Wildman–Crippen MR) is 120 cm³/mol. The smallest absolute Gasteiger partial charge is 0.154 e. The molecule has 0 bridgehead atoms. The minimum atomic E-state index is -0.200. The lowest BCUT2D eigenvalue weighted by Crippen LogP contribution is -2.26. The summed E-state index contributed by atoms with van der Waals surface area (Å²) in [6.45, 7) is 1.98. The Bertz CT molecular complexity index is 1180. The third kappa shape index (κ3) is 4.36. The Hall–Kier alpha value is -3.45. The van der Waals surface area contributed by atoms with Crippen LogP contribution in [0.25, 0.3) is 16.6 Å². The van der Waals surface area contributed by atoms with Gasteiger partial charge in [-0.15, -0.1) is 0 Å². The monoisotopic (exact) mass is 415 g/mol. The molecule has 31 heavy (non-hydrogen) atoms. The number of nitrogens with one attached hydrogen (secondary N) is 1. The van der Waals surface area contributed by atoms with E-state index in [1.165, 1.54) is 0 Å². The van der Waals surface area contributed by atoms with Crippen molar-refractivity contribution in [3.8, 4) is 16.9 Å². The molecule has 1 aliphatic rings. The summed E-state index contributed by atoms with van der Waals surface area (Å²) < 4.78 is 8.16. The fourth-order valence-electron chi connectivity index (χ4n) is 4.00. The maximum absolute atomic E-state index is 9.77. The van der Waals surface area contributed by atoms with Crippen LogP contribution in [0.4, 0.5) is 11.6 Å². The van der Waals surface area contributed by atoms with E-state index in [9.17, 15) is 5.11 Å². The van der Waals surface area contributed by atoms with Gasteiger partial charge in [-0.3, -0.25) is 4.98 Å². The molecule has 4 heterocycles. The van der Waals surface area contributed by atoms with E-state index in [-0.39, 0.29) is 12.2 Å². The van der Waals surface area contributed by atoms with Crippen molar-refractivity contribution in [3.63, 3.8) is 0 Å². The van der Waals surface area contributed by atoms with Gasteiger partial charge in [-0.1, -0.05) is 6.07 Å². The largest absolute Gasteiger partial charge is 0.488 e. The zero-order chi connectivity index (χ0) is 21.2. The molecule has 0 spiro atoms. The number of aromatic nitrogens is 4. The van der Waals surface area contributed by atoms with E-state index >= 15 is 0 Å². The number of hydrogen-bond donors (Lipinski definition) is 2. The van der Waals surface area contributed by atoms with Crippen molar-refractivity contribution in [3.05, 3.63) is 66.7 Å². The van der Waals surface area contributed by atoms with E-state index < -0.39 is 0 Å². The van der Waals surface area contributed by atoms with Crippen molar-refractivity contribution in [2.24, 2.45) is 0 Å². The van der Waals surface area contributed by atoms with Crippen molar-refractivity contribution < 1.29 is 9.84 Å². The van der Waals surface area contributed by atoms with Crippen LogP contribution < -0.4 is 10.1 Å². The fourth-order valence-corrected chi connectivity index (χ4v) is 4.00. The molecule has 0 unspecified atom stereocenters. The van der Waals surface area contributed by atoms with Gasteiger partial charge in [-0.25, -0.2) is 9.50 Å². The molecule has 1 aliphatic carbocycles. The molecule has 0 aromatic carbocycles. The molecule has 4 aromatic rings. The van der Waals surface area contributed by atoms with Gasteiger partial charge in [0.25, 0.3) is 0 Å². The van der Waals surface area contributed by atoms with E-state index in [2.05, 4.69) is 32.5 Å². The number of nitrogens with zero attached hydrogens (tertiary/aromatic N) is 4. The van der Waals surface area contributed by atoms with Crippen molar-refractivity contribution in [2.45, 2.75) is 44.8 Å². The van der Waals surface area contributed by atoms with E-state index in [1.807, 2.05) is 54.2 Å². The molecule has 5 rings (SSSR count). The molecule has 0 saturated heterocycles. The molecular weight excluding hydrogens is 390 g/mol. The summed E-state index contributed by atoms with van der Waals surface area (Å²) in [6.07, 6.45) is 8.71. The molecule has 0 aliphatic heterocycles. The quantitative estimate of drug-likeness (QED) is 0.498. The van der Waals surface area contributed by atoms with E-state index in [0.29, 0.717) is 0 Å². The van der Waals surface area contributed by atoms with Crippen molar-refractivity contribution >= 4 is 17.2 Å². The molecule has 4 aromatic heterocycles. The van der Waals surface area contributed by atoms with Crippen LogP contribution in [0.3, 0.4) is 0 Å². The Kier molecular flexibility index (Phi) is 5.26. The summed E-state index contributed by atoms with van der Waals surface area (Å²) in [5, 5.41) is 17.6. The van der Waals surface area contributed by atoms with Crippen LogP contribution in [0.1, 0.15) is 31.4 Å². The maximum atomic E-state index is 9.77. The minimum Gasteiger partial charge on any atom is -0.488 e. The van der Waals surface area contributed by atoms with Gasteiger partial charge in [0.05, 0.1) is 23.9 Å². The fraction of sp³-hybridized carbons (Fsp3) is 0.292. The Labute approximate surface area is 180 Å². The van der Waals surface area contributed by atoms with Gasteiger partial charge in [0.15, 0.2) is 5.82 Å². The normalized spacial score (nSPS) is 18.8. The van der Waals surface area contributed by atoms with E-state index in [1.54, 1.807) is 6.20 Å². The Balaban J connectivity index is 1.44. The average molecular weight is 415 g/mol. The molecule has 0 atom stereocenters. The van der Waals surface area contributed by atoms with Gasteiger partial charge in [-0.2, -0.15) is 5.10 Å². The number of aliphatic hydroxyl groups excluding tert-OH is 1. The average Bonchev–Trinajstić information content (AvgIpc) is 3.18. The summed E-state index contributed by atoms with van der Waals surface area (Å²) in [4.78, 5) is 8.74. The number of fused-ring (bicyclic) bond motifs is 1. The molecule has 7 nitrogen and oxygen atoms in total. The Morgan fingerprint density at radius 2 is 1.90 bits per heavy atom. The van der Waals surface area contributed by atoms with Crippen LogP contribution in [-0.2, 0) is 0 Å². The summed E-state index contributed by atoms with van der Waals surface area (Å²) in [5.41, 5.74) is 3.97. The third-order valence-corrected chi connectivity index (χ3v) is 5.64. The van der Waals surface area contributed by atoms with Gasteiger partial charge >= 0.3 is 0 Å². The first kappa shape index (κ1) is 19.5. The van der Waals surface area contributed by atoms with Crippen molar-refractivity contribution in [2.75, 3.05) is 5.32 Å². The van der Waals surface area contributed by atoms with E-state index in [4.69, 9.17) is 4.74 Å². The zero-order valence-corrected chi connectivity index (χ0v) is 17.4. The van der Waals surface area contributed by atoms with Gasteiger partial charge in [0.1, 0.15) is 11.6 Å². The first-order valence-electron chi connectivity index (χ1n) is 10.6. The highest BCUT2D eigenvalue weighted by Crippen LogP contribution is 2.34. The topological polar surface area (TPSA) is 84.6 Å². The molecule has 2 N–H and O–H groups in total. The van der Waals surface area contributed by atoms with E-state index in [0.717, 1.165) is 65.4 Å². The second kappa shape index (κ2) is 8.35. The second-order valence-electron chi connectivity index (χ2n) is 8.02. The first-order chi connectivity index (χ1) is 15.1. The SMILES string of the molecule is Cc1cc(-c2ccn3nc(Nc4ccccn4)cc3c2)c(OC2CCC(O)CC2)cn1. The number of ether oxygens (including phenoxy) is 1. The van der Waals surface area contributed by atoms with Gasteiger partial charge in [-0.05, 0) is 68.5 Å². The molecule has 7 heteroatoms. The van der Waals surface area contributed by atoms with Crippen LogP contribution in [0.2, 0.25) is 0 Å². The highest BCUT2D eigenvalue weighted by Gasteiger charge is 2.22. The summed E-state index contributed by atoms with van der Waals surface area (Å²) in [5.74, 6) is 2.27. The van der Waals surface area contributed by atoms with Gasteiger partial charge in [0.2, 0.25) is 0 Å². The number of aliphatic hydroxyl groups is 1. The lowest BCUT2D eigenvalue weighted by molar-refractivity contribution is 0.0667. The molecule has 1 fully saturated rings. The van der Waals surface area contributed by atoms with Crippen molar-refractivity contribution in [1.29, 1.82) is 0 Å². The summed E-state index contributed by atoms with van der Waals surface area (Å²) in [7, 11) is 0. The van der Waals surface area contributed by atoms with Crippen molar-refractivity contribution in [1.82, 2.24) is 19.6 Å². The number of pyridine rings is 3. The highest BCUT2D eigenvalue weighted by atomic mass is 16.5. The molecule has 0 amide bonds.